The number of anilines is 1. The summed E-state index contributed by atoms with van der Waals surface area (Å²) >= 11 is 0. The van der Waals surface area contributed by atoms with Crippen LogP contribution in [0, 0.1) is 31.1 Å². The number of aryl methyl sites for hydroxylation is 1. The van der Waals surface area contributed by atoms with Crippen molar-refractivity contribution in [1.82, 2.24) is 4.57 Å². The molecule has 0 spiro atoms. The fraction of sp³-hybridized carbons (Fsp3) is 0.375. The van der Waals surface area contributed by atoms with Gasteiger partial charge in [0.2, 0.25) is 0 Å². The molecule has 1 aromatic heterocycles. The highest BCUT2D eigenvalue weighted by Gasteiger charge is 2.24. The summed E-state index contributed by atoms with van der Waals surface area (Å²) in [6.45, 7) is 10.6. The number of para-hydroxylation sites is 1. The standard InChI is InChI=1S/C24H29N3O3/c1-16(2)15-27-17(3)12-20(18(27)4)13-21(14-25)24(29)30-19(5)23(28)26(6)22-10-8-7-9-11-22/h7-13,16,19H,15H2,1-6H3/b21-13+/t19-/m1/s1. The number of carbonyl (C=O) groups is 2. The Labute approximate surface area is 178 Å². The zero-order chi connectivity index (χ0) is 22.4. The molecule has 0 fully saturated rings. The molecule has 1 aromatic carbocycles. The molecule has 0 bridgehead atoms. The first-order valence-corrected chi connectivity index (χ1v) is 9.97. The van der Waals surface area contributed by atoms with Crippen molar-refractivity contribution in [2.45, 2.75) is 47.3 Å². The van der Waals surface area contributed by atoms with Crippen molar-refractivity contribution >= 4 is 23.6 Å². The second-order valence-corrected chi connectivity index (χ2v) is 7.78. The maximum absolute atomic E-state index is 12.6. The van der Waals surface area contributed by atoms with Crippen LogP contribution in [0.5, 0.6) is 0 Å². The third-order valence-electron chi connectivity index (χ3n) is 4.91. The van der Waals surface area contributed by atoms with E-state index >= 15 is 0 Å². The largest absolute Gasteiger partial charge is 0.448 e. The summed E-state index contributed by atoms with van der Waals surface area (Å²) in [7, 11) is 1.62. The number of amides is 1. The van der Waals surface area contributed by atoms with Crippen molar-refractivity contribution in [3.8, 4) is 6.07 Å². The van der Waals surface area contributed by atoms with Crippen LogP contribution >= 0.6 is 0 Å². The summed E-state index contributed by atoms with van der Waals surface area (Å²) in [5.41, 5.74) is 3.39. The van der Waals surface area contributed by atoms with Gasteiger partial charge in [-0.3, -0.25) is 4.79 Å². The van der Waals surface area contributed by atoms with Gasteiger partial charge in [0.25, 0.3) is 5.91 Å². The Morgan fingerprint density at radius 1 is 1.20 bits per heavy atom. The number of likely N-dealkylation sites (N-methyl/N-ethyl adjacent to an activating group) is 1. The van der Waals surface area contributed by atoms with Gasteiger partial charge < -0.3 is 14.2 Å². The van der Waals surface area contributed by atoms with Gasteiger partial charge in [0, 0.05) is 30.7 Å². The molecule has 6 nitrogen and oxygen atoms in total. The molecule has 30 heavy (non-hydrogen) atoms. The molecule has 0 radical (unpaired) electrons. The average Bonchev–Trinajstić information content (AvgIpc) is 2.98. The number of carbonyl (C=O) groups excluding carboxylic acids is 2. The average molecular weight is 408 g/mol. The summed E-state index contributed by atoms with van der Waals surface area (Å²) in [6.07, 6.45) is 0.507. The zero-order valence-electron chi connectivity index (χ0n) is 18.5. The molecular formula is C24H29N3O3. The smallest absolute Gasteiger partial charge is 0.349 e. The summed E-state index contributed by atoms with van der Waals surface area (Å²) in [5, 5.41) is 9.49. The lowest BCUT2D eigenvalue weighted by Crippen LogP contribution is -2.37. The van der Waals surface area contributed by atoms with E-state index in [4.69, 9.17) is 4.74 Å². The molecule has 2 aromatic rings. The number of benzene rings is 1. The van der Waals surface area contributed by atoms with Crippen molar-refractivity contribution in [3.63, 3.8) is 0 Å². The first-order valence-electron chi connectivity index (χ1n) is 9.97. The second kappa shape index (κ2) is 9.93. The second-order valence-electron chi connectivity index (χ2n) is 7.78. The molecule has 0 saturated heterocycles. The van der Waals surface area contributed by atoms with Gasteiger partial charge in [-0.05, 0) is 56.5 Å². The third-order valence-corrected chi connectivity index (χ3v) is 4.91. The highest BCUT2D eigenvalue weighted by molar-refractivity contribution is 6.01. The Kier molecular flexibility index (Phi) is 7.60. The molecule has 0 aliphatic heterocycles. The first-order chi connectivity index (χ1) is 14.1. The van der Waals surface area contributed by atoms with Gasteiger partial charge in [-0.25, -0.2) is 4.79 Å². The summed E-state index contributed by atoms with van der Waals surface area (Å²) in [5.74, 6) is -0.712. The van der Waals surface area contributed by atoms with Crippen LogP contribution in [-0.2, 0) is 20.9 Å². The molecule has 1 amide bonds. The molecule has 0 saturated carbocycles. The van der Waals surface area contributed by atoms with Crippen LogP contribution in [-0.4, -0.2) is 29.6 Å². The number of aromatic nitrogens is 1. The van der Waals surface area contributed by atoms with Gasteiger partial charge in [0.05, 0.1) is 0 Å². The number of hydrogen-bond donors (Lipinski definition) is 0. The molecule has 0 N–H and O–H groups in total. The van der Waals surface area contributed by atoms with Crippen molar-refractivity contribution in [2.75, 3.05) is 11.9 Å². The summed E-state index contributed by atoms with van der Waals surface area (Å²) < 4.78 is 7.46. The van der Waals surface area contributed by atoms with Crippen LogP contribution in [0.15, 0.2) is 42.0 Å². The minimum Gasteiger partial charge on any atom is -0.448 e. The van der Waals surface area contributed by atoms with Crippen molar-refractivity contribution in [2.24, 2.45) is 5.92 Å². The lowest BCUT2D eigenvalue weighted by atomic mass is 10.1. The Morgan fingerprint density at radius 3 is 2.40 bits per heavy atom. The predicted molar refractivity (Wildman–Crippen MR) is 118 cm³/mol. The molecule has 2 rings (SSSR count). The van der Waals surface area contributed by atoms with Crippen molar-refractivity contribution in [1.29, 1.82) is 5.26 Å². The SMILES string of the molecule is Cc1cc(/C=C(\C#N)C(=O)O[C@H](C)C(=O)N(C)c2ccccc2)c(C)n1CC(C)C. The van der Waals surface area contributed by atoms with Crippen LogP contribution < -0.4 is 4.90 Å². The van der Waals surface area contributed by atoms with Gasteiger partial charge in [-0.15, -0.1) is 0 Å². The third kappa shape index (κ3) is 5.38. The fourth-order valence-electron chi connectivity index (χ4n) is 3.24. The van der Waals surface area contributed by atoms with Crippen LogP contribution in [0.4, 0.5) is 5.69 Å². The van der Waals surface area contributed by atoms with Crippen LogP contribution in [0.3, 0.4) is 0 Å². The van der Waals surface area contributed by atoms with Gasteiger partial charge in [-0.1, -0.05) is 32.0 Å². The Hall–Kier alpha value is -3.33. The van der Waals surface area contributed by atoms with E-state index in [1.807, 2.05) is 44.2 Å². The quantitative estimate of drug-likeness (QED) is 0.390. The van der Waals surface area contributed by atoms with E-state index in [9.17, 15) is 14.9 Å². The van der Waals surface area contributed by atoms with Crippen LogP contribution in [0.2, 0.25) is 0 Å². The van der Waals surface area contributed by atoms with Crippen molar-refractivity contribution in [3.05, 3.63) is 58.9 Å². The zero-order valence-corrected chi connectivity index (χ0v) is 18.5. The molecule has 158 valence electrons. The Bertz CT molecular complexity index is 981. The van der Waals surface area contributed by atoms with E-state index in [2.05, 4.69) is 18.4 Å². The highest BCUT2D eigenvalue weighted by Crippen LogP contribution is 2.20. The lowest BCUT2D eigenvalue weighted by Gasteiger charge is -2.21. The topological polar surface area (TPSA) is 75.3 Å². The van der Waals surface area contributed by atoms with E-state index in [1.54, 1.807) is 19.2 Å². The van der Waals surface area contributed by atoms with Gasteiger partial charge in [0.15, 0.2) is 6.10 Å². The number of rotatable bonds is 7. The summed E-state index contributed by atoms with van der Waals surface area (Å²) in [4.78, 5) is 26.6. The van der Waals surface area contributed by atoms with Crippen LogP contribution in [0.25, 0.3) is 6.08 Å². The van der Waals surface area contributed by atoms with E-state index in [-0.39, 0.29) is 11.5 Å². The first kappa shape index (κ1) is 23.0. The van der Waals surface area contributed by atoms with Gasteiger partial charge in [0.1, 0.15) is 11.6 Å². The van der Waals surface area contributed by atoms with Gasteiger partial charge >= 0.3 is 5.97 Å². The molecule has 6 heteroatoms. The number of esters is 1. The normalized spacial score (nSPS) is 12.4. The van der Waals surface area contributed by atoms with Gasteiger partial charge in [-0.2, -0.15) is 5.26 Å². The molecule has 0 aliphatic carbocycles. The maximum Gasteiger partial charge on any atom is 0.349 e. The predicted octanol–water partition coefficient (Wildman–Crippen LogP) is 4.26. The van der Waals surface area contributed by atoms with E-state index < -0.39 is 12.1 Å². The minimum atomic E-state index is -1.02. The fourth-order valence-corrected chi connectivity index (χ4v) is 3.24. The molecule has 0 aliphatic rings. The highest BCUT2D eigenvalue weighted by atomic mass is 16.5. The van der Waals surface area contributed by atoms with E-state index in [1.165, 1.54) is 17.9 Å². The van der Waals surface area contributed by atoms with E-state index in [0.29, 0.717) is 11.6 Å². The lowest BCUT2D eigenvalue weighted by molar-refractivity contribution is -0.149. The summed E-state index contributed by atoms with van der Waals surface area (Å²) in [6, 6.07) is 12.9. The molecule has 1 heterocycles. The number of hydrogen-bond acceptors (Lipinski definition) is 4. The van der Waals surface area contributed by atoms with Crippen molar-refractivity contribution < 1.29 is 14.3 Å². The minimum absolute atomic E-state index is 0.137. The molecular weight excluding hydrogens is 378 g/mol. The van der Waals surface area contributed by atoms with Crippen LogP contribution in [0.1, 0.15) is 37.7 Å². The maximum atomic E-state index is 12.6. The molecule has 1 atom stereocenters. The number of nitrogens with zero attached hydrogens (tertiary/aromatic N) is 3. The Balaban J connectivity index is 2.17. The number of ether oxygens (including phenoxy) is 1. The number of nitriles is 1. The Morgan fingerprint density at radius 2 is 1.83 bits per heavy atom. The molecule has 0 unspecified atom stereocenters. The van der Waals surface area contributed by atoms with E-state index in [0.717, 1.165) is 23.5 Å². The monoisotopic (exact) mass is 407 g/mol.